The highest BCUT2D eigenvalue weighted by atomic mass is 79.9. The van der Waals surface area contributed by atoms with Crippen molar-refractivity contribution in [2.75, 3.05) is 0 Å². The average molecular weight is 244 g/mol. The summed E-state index contributed by atoms with van der Waals surface area (Å²) in [6, 6.07) is 3.91. The van der Waals surface area contributed by atoms with Gasteiger partial charge in [-0.2, -0.15) is 0 Å². The van der Waals surface area contributed by atoms with E-state index < -0.39 is 0 Å². The first-order valence-corrected chi connectivity index (χ1v) is 4.66. The molecule has 0 spiro atoms. The summed E-state index contributed by atoms with van der Waals surface area (Å²) < 4.78 is 6.27. The molecule has 0 aliphatic heterocycles. The lowest BCUT2D eigenvalue weighted by atomic mass is 10.2. The van der Waals surface area contributed by atoms with Gasteiger partial charge in [-0.25, -0.2) is 0 Å². The van der Waals surface area contributed by atoms with Crippen LogP contribution in [0.2, 0.25) is 0 Å². The van der Waals surface area contributed by atoms with Crippen LogP contribution in [0.15, 0.2) is 21.0 Å². The summed E-state index contributed by atoms with van der Waals surface area (Å²) in [7, 11) is 0. The first-order valence-electron chi connectivity index (χ1n) is 3.46. The van der Waals surface area contributed by atoms with E-state index in [0.717, 1.165) is 21.1 Å². The third-order valence-corrected chi connectivity index (χ3v) is 2.74. The largest absolute Gasteiger partial charge is 0.429 e. The molecule has 1 heterocycles. The van der Waals surface area contributed by atoms with Crippen molar-refractivity contribution < 1.29 is 4.42 Å². The predicted octanol–water partition coefficient (Wildman–Crippen LogP) is 3.56. The Morgan fingerprint density at radius 3 is 3.00 bits per heavy atom. The van der Waals surface area contributed by atoms with Gasteiger partial charge in [0.25, 0.3) is 4.84 Å². The lowest BCUT2D eigenvalue weighted by Crippen LogP contribution is -1.75. The monoisotopic (exact) mass is 243 g/mol. The molecule has 12 heavy (non-hydrogen) atoms. The number of aromatic nitrogens is 1. The van der Waals surface area contributed by atoms with Crippen LogP contribution in [-0.2, 0) is 0 Å². The summed E-state index contributed by atoms with van der Waals surface area (Å²) >= 11 is 8.28. The zero-order chi connectivity index (χ0) is 8.72. The minimum Gasteiger partial charge on any atom is -0.429 e. The number of aromatic amines is 1. The van der Waals surface area contributed by atoms with Crippen LogP contribution in [0.1, 0.15) is 5.56 Å². The van der Waals surface area contributed by atoms with Crippen molar-refractivity contribution in [3.05, 3.63) is 27.0 Å². The van der Waals surface area contributed by atoms with Crippen molar-refractivity contribution in [1.82, 2.24) is 4.98 Å². The smallest absolute Gasteiger partial charge is 0.266 e. The molecule has 1 aromatic carbocycles. The molecule has 62 valence electrons. The average Bonchev–Trinajstić information content (AvgIpc) is 2.30. The molecule has 4 heteroatoms. The Labute approximate surface area is 82.7 Å². The van der Waals surface area contributed by atoms with Gasteiger partial charge in [0, 0.05) is 4.47 Å². The molecule has 1 aromatic heterocycles. The maximum atomic E-state index is 5.23. The van der Waals surface area contributed by atoms with Gasteiger partial charge in [-0.1, -0.05) is 15.9 Å². The van der Waals surface area contributed by atoms with Crippen LogP contribution in [0.25, 0.3) is 11.1 Å². The quantitative estimate of drug-likeness (QED) is 0.718. The zero-order valence-corrected chi connectivity index (χ0v) is 8.75. The molecule has 2 aromatic rings. The van der Waals surface area contributed by atoms with Gasteiger partial charge in [0.05, 0.1) is 5.52 Å². The number of benzene rings is 1. The molecule has 0 unspecified atom stereocenters. The van der Waals surface area contributed by atoms with E-state index in [1.54, 1.807) is 0 Å². The molecule has 0 fully saturated rings. The Morgan fingerprint density at radius 1 is 1.50 bits per heavy atom. The molecule has 0 saturated heterocycles. The van der Waals surface area contributed by atoms with Crippen molar-refractivity contribution in [3.63, 3.8) is 0 Å². The van der Waals surface area contributed by atoms with Crippen molar-refractivity contribution in [2.45, 2.75) is 6.92 Å². The first kappa shape index (κ1) is 8.01. The normalized spacial score (nSPS) is 10.8. The van der Waals surface area contributed by atoms with E-state index in [1.165, 1.54) is 0 Å². The molecule has 0 saturated carbocycles. The fourth-order valence-electron chi connectivity index (χ4n) is 1.08. The molecule has 0 radical (unpaired) electrons. The SMILES string of the molecule is Cc1cc2[nH]c(=S)oc2cc1Br. The highest BCUT2D eigenvalue weighted by Gasteiger charge is 2.01. The molecular weight excluding hydrogens is 238 g/mol. The van der Waals surface area contributed by atoms with E-state index in [1.807, 2.05) is 19.1 Å². The summed E-state index contributed by atoms with van der Waals surface area (Å²) in [5.74, 6) is 0. The number of rotatable bonds is 0. The molecule has 2 nitrogen and oxygen atoms in total. The fourth-order valence-corrected chi connectivity index (χ4v) is 1.60. The standard InChI is InChI=1S/C8H6BrNOS/c1-4-2-6-7(3-5(4)9)11-8(12)10-6/h2-3H,1H3,(H,10,12). The Morgan fingerprint density at radius 2 is 2.25 bits per heavy atom. The molecule has 0 atom stereocenters. The highest BCUT2D eigenvalue weighted by Crippen LogP contribution is 2.23. The van der Waals surface area contributed by atoms with Crippen molar-refractivity contribution >= 4 is 39.2 Å². The zero-order valence-electron chi connectivity index (χ0n) is 6.35. The van der Waals surface area contributed by atoms with Gasteiger partial charge < -0.3 is 9.40 Å². The van der Waals surface area contributed by atoms with Gasteiger partial charge in [-0.15, -0.1) is 0 Å². The second-order valence-electron chi connectivity index (χ2n) is 2.61. The number of hydrogen-bond acceptors (Lipinski definition) is 2. The maximum absolute atomic E-state index is 5.23. The molecule has 0 aliphatic rings. The Kier molecular flexibility index (Phi) is 1.81. The van der Waals surface area contributed by atoms with E-state index in [4.69, 9.17) is 16.6 Å². The number of nitrogens with one attached hydrogen (secondary N) is 1. The third kappa shape index (κ3) is 1.21. The number of fused-ring (bicyclic) bond motifs is 1. The van der Waals surface area contributed by atoms with Crippen molar-refractivity contribution in [1.29, 1.82) is 0 Å². The van der Waals surface area contributed by atoms with Crippen LogP contribution in [0, 0.1) is 11.8 Å². The first-order chi connectivity index (χ1) is 5.66. The number of oxazole rings is 1. The van der Waals surface area contributed by atoms with Gasteiger partial charge in [0.2, 0.25) is 0 Å². The van der Waals surface area contributed by atoms with Crippen LogP contribution in [-0.4, -0.2) is 4.98 Å². The van der Waals surface area contributed by atoms with E-state index in [0.29, 0.717) is 4.84 Å². The van der Waals surface area contributed by atoms with Crippen LogP contribution in [0.4, 0.5) is 0 Å². The summed E-state index contributed by atoms with van der Waals surface area (Å²) in [5, 5.41) is 0. The lowest BCUT2D eigenvalue weighted by Gasteiger charge is -1.94. The molecule has 0 aliphatic carbocycles. The number of halogens is 1. The molecule has 2 rings (SSSR count). The van der Waals surface area contributed by atoms with Crippen molar-refractivity contribution in [2.24, 2.45) is 0 Å². The minimum atomic E-state index is 0.419. The molecule has 0 bridgehead atoms. The summed E-state index contributed by atoms with van der Waals surface area (Å²) in [6.45, 7) is 2.02. The highest BCUT2D eigenvalue weighted by molar-refractivity contribution is 9.10. The van der Waals surface area contributed by atoms with E-state index in [-0.39, 0.29) is 0 Å². The summed E-state index contributed by atoms with van der Waals surface area (Å²) in [6.07, 6.45) is 0. The van der Waals surface area contributed by atoms with E-state index in [2.05, 4.69) is 20.9 Å². The van der Waals surface area contributed by atoms with Crippen LogP contribution in [0.5, 0.6) is 0 Å². The lowest BCUT2D eigenvalue weighted by molar-refractivity contribution is 0.583. The van der Waals surface area contributed by atoms with Gasteiger partial charge in [-0.05, 0) is 36.8 Å². The molecule has 1 N–H and O–H groups in total. The van der Waals surface area contributed by atoms with E-state index >= 15 is 0 Å². The predicted molar refractivity (Wildman–Crippen MR) is 53.8 cm³/mol. The van der Waals surface area contributed by atoms with Crippen molar-refractivity contribution in [3.8, 4) is 0 Å². The van der Waals surface area contributed by atoms with Crippen LogP contribution >= 0.6 is 28.1 Å². The van der Waals surface area contributed by atoms with Gasteiger partial charge in [0.1, 0.15) is 0 Å². The number of H-pyrrole nitrogens is 1. The number of hydrogen-bond donors (Lipinski definition) is 1. The molecule has 0 amide bonds. The van der Waals surface area contributed by atoms with E-state index in [9.17, 15) is 0 Å². The minimum absolute atomic E-state index is 0.419. The van der Waals surface area contributed by atoms with Gasteiger partial charge in [-0.3, -0.25) is 0 Å². The Balaban J connectivity index is 2.92. The summed E-state index contributed by atoms with van der Waals surface area (Å²) in [5.41, 5.74) is 2.90. The topological polar surface area (TPSA) is 28.9 Å². The summed E-state index contributed by atoms with van der Waals surface area (Å²) in [4.78, 5) is 3.37. The van der Waals surface area contributed by atoms with Crippen LogP contribution < -0.4 is 0 Å². The second-order valence-corrected chi connectivity index (χ2v) is 3.84. The second kappa shape index (κ2) is 2.71. The third-order valence-electron chi connectivity index (χ3n) is 1.70. The number of aryl methyl sites for hydroxylation is 1. The fraction of sp³-hybridized carbons (Fsp3) is 0.125. The Bertz CT molecular complexity index is 443. The van der Waals surface area contributed by atoms with Gasteiger partial charge >= 0.3 is 0 Å². The van der Waals surface area contributed by atoms with Crippen LogP contribution in [0.3, 0.4) is 0 Å². The maximum Gasteiger partial charge on any atom is 0.266 e. The van der Waals surface area contributed by atoms with Gasteiger partial charge in [0.15, 0.2) is 5.58 Å². The Hall–Kier alpha value is -0.610. The molecular formula is C8H6BrNOS.